The van der Waals surface area contributed by atoms with Crippen molar-refractivity contribution in [1.82, 2.24) is 0 Å². The predicted molar refractivity (Wildman–Crippen MR) is 60.5 cm³/mol. The first-order valence-corrected chi connectivity index (χ1v) is 5.30. The largest absolute Gasteiger partial charge is 0.289 e. The Kier molecular flexibility index (Phi) is 2.61. The van der Waals surface area contributed by atoms with Crippen molar-refractivity contribution in [2.45, 2.75) is 0 Å². The van der Waals surface area contributed by atoms with E-state index in [0.29, 0.717) is 16.8 Å². The van der Waals surface area contributed by atoms with Gasteiger partial charge in [-0.05, 0) is 17.5 Å². The van der Waals surface area contributed by atoms with Gasteiger partial charge in [-0.3, -0.25) is 4.79 Å². The third-order valence-electron chi connectivity index (χ3n) is 2.02. The summed E-state index contributed by atoms with van der Waals surface area (Å²) in [5, 5.41) is 3.68. The highest BCUT2D eigenvalue weighted by atomic mass is 32.1. The SMILES string of the molecule is [C-]#[N+]c1cccc(C(=O)c2ccsc2)c1. The van der Waals surface area contributed by atoms with Crippen molar-refractivity contribution in [2.75, 3.05) is 0 Å². The number of rotatable bonds is 2. The zero-order valence-corrected chi connectivity index (χ0v) is 8.62. The monoisotopic (exact) mass is 213 g/mol. The predicted octanol–water partition coefficient (Wildman–Crippen LogP) is 3.53. The van der Waals surface area contributed by atoms with Crippen molar-refractivity contribution < 1.29 is 4.79 Å². The number of hydrogen-bond acceptors (Lipinski definition) is 2. The van der Waals surface area contributed by atoms with Crippen LogP contribution in [0.25, 0.3) is 4.85 Å². The molecular weight excluding hydrogens is 206 g/mol. The van der Waals surface area contributed by atoms with Crippen molar-refractivity contribution in [3.05, 3.63) is 63.6 Å². The molecule has 0 amide bonds. The fraction of sp³-hybridized carbons (Fsp3) is 0. The number of benzene rings is 1. The van der Waals surface area contributed by atoms with Crippen molar-refractivity contribution >= 4 is 22.8 Å². The van der Waals surface area contributed by atoms with Crippen molar-refractivity contribution in [2.24, 2.45) is 0 Å². The van der Waals surface area contributed by atoms with Crippen LogP contribution < -0.4 is 0 Å². The Morgan fingerprint density at radius 1 is 1.27 bits per heavy atom. The van der Waals surface area contributed by atoms with Gasteiger partial charge in [0, 0.05) is 16.5 Å². The molecule has 1 aromatic carbocycles. The van der Waals surface area contributed by atoms with Gasteiger partial charge in [-0.15, -0.1) is 0 Å². The maximum atomic E-state index is 11.9. The second kappa shape index (κ2) is 4.07. The molecule has 0 bridgehead atoms. The molecule has 0 aliphatic carbocycles. The van der Waals surface area contributed by atoms with Crippen molar-refractivity contribution in [3.63, 3.8) is 0 Å². The lowest BCUT2D eigenvalue weighted by atomic mass is 10.1. The van der Waals surface area contributed by atoms with E-state index in [-0.39, 0.29) is 5.78 Å². The van der Waals surface area contributed by atoms with Crippen LogP contribution in [0, 0.1) is 6.57 Å². The summed E-state index contributed by atoms with van der Waals surface area (Å²) in [6.45, 7) is 6.87. The lowest BCUT2D eigenvalue weighted by molar-refractivity contribution is 0.103. The Labute approximate surface area is 91.6 Å². The summed E-state index contributed by atoms with van der Waals surface area (Å²) in [7, 11) is 0. The highest BCUT2D eigenvalue weighted by Gasteiger charge is 2.09. The van der Waals surface area contributed by atoms with Crippen LogP contribution in [0.5, 0.6) is 0 Å². The second-order valence-corrected chi connectivity index (χ2v) is 3.78. The average molecular weight is 213 g/mol. The minimum absolute atomic E-state index is 0.0262. The third kappa shape index (κ3) is 1.95. The van der Waals surface area contributed by atoms with E-state index < -0.39 is 0 Å². The molecule has 0 aliphatic heterocycles. The molecule has 0 aliphatic rings. The molecule has 0 saturated carbocycles. The summed E-state index contributed by atoms with van der Waals surface area (Å²) in [5.41, 5.74) is 1.75. The normalized spacial score (nSPS) is 9.53. The maximum Gasteiger partial charge on any atom is 0.192 e. The number of nitrogens with zero attached hydrogens (tertiary/aromatic N) is 1. The van der Waals surface area contributed by atoms with Gasteiger partial charge in [0.15, 0.2) is 11.5 Å². The van der Waals surface area contributed by atoms with Gasteiger partial charge in [0.25, 0.3) is 0 Å². The summed E-state index contributed by atoms with van der Waals surface area (Å²) in [6.07, 6.45) is 0. The molecule has 0 spiro atoms. The van der Waals surface area contributed by atoms with E-state index in [9.17, 15) is 4.79 Å². The van der Waals surface area contributed by atoms with Crippen LogP contribution in [0.15, 0.2) is 41.1 Å². The quantitative estimate of drug-likeness (QED) is 0.552. The molecule has 2 aromatic rings. The molecular formula is C12H7NOS. The molecule has 3 heteroatoms. The summed E-state index contributed by atoms with van der Waals surface area (Å²) in [6, 6.07) is 8.56. The van der Waals surface area contributed by atoms with Gasteiger partial charge in [-0.25, -0.2) is 4.85 Å². The number of carbonyl (C=O) groups excluding carboxylic acids is 1. The van der Waals surface area contributed by atoms with Crippen LogP contribution in [0.1, 0.15) is 15.9 Å². The molecule has 0 radical (unpaired) electrons. The molecule has 0 unspecified atom stereocenters. The molecule has 2 rings (SSSR count). The molecule has 0 fully saturated rings. The van der Waals surface area contributed by atoms with Crippen LogP contribution in [0.2, 0.25) is 0 Å². The zero-order valence-electron chi connectivity index (χ0n) is 7.81. The first kappa shape index (κ1) is 9.63. The van der Waals surface area contributed by atoms with Gasteiger partial charge in [0.05, 0.1) is 6.57 Å². The van der Waals surface area contributed by atoms with E-state index in [1.807, 2.05) is 10.8 Å². The van der Waals surface area contributed by atoms with Gasteiger partial charge < -0.3 is 0 Å². The highest BCUT2D eigenvalue weighted by Crippen LogP contribution is 2.18. The Balaban J connectivity index is 2.39. The summed E-state index contributed by atoms with van der Waals surface area (Å²) in [5.74, 6) is -0.0262. The molecule has 1 aromatic heterocycles. The molecule has 0 saturated heterocycles. The van der Waals surface area contributed by atoms with Crippen LogP contribution in [-0.4, -0.2) is 5.78 Å². The highest BCUT2D eigenvalue weighted by molar-refractivity contribution is 7.08. The maximum absolute atomic E-state index is 11.9. The van der Waals surface area contributed by atoms with Crippen LogP contribution >= 0.6 is 11.3 Å². The molecule has 0 N–H and O–H groups in total. The number of hydrogen-bond donors (Lipinski definition) is 0. The van der Waals surface area contributed by atoms with Crippen molar-refractivity contribution in [1.29, 1.82) is 0 Å². The first-order valence-electron chi connectivity index (χ1n) is 4.35. The molecule has 72 valence electrons. The lowest BCUT2D eigenvalue weighted by Crippen LogP contribution is -1.98. The van der Waals surface area contributed by atoms with E-state index in [2.05, 4.69) is 4.85 Å². The van der Waals surface area contributed by atoms with Crippen LogP contribution in [0.4, 0.5) is 5.69 Å². The summed E-state index contributed by atoms with van der Waals surface area (Å²) < 4.78 is 0. The van der Waals surface area contributed by atoms with E-state index in [1.165, 1.54) is 11.3 Å². The zero-order chi connectivity index (χ0) is 10.7. The number of carbonyl (C=O) groups is 1. The van der Waals surface area contributed by atoms with Gasteiger partial charge in [0.2, 0.25) is 0 Å². The van der Waals surface area contributed by atoms with E-state index in [4.69, 9.17) is 6.57 Å². The minimum Gasteiger partial charge on any atom is -0.289 e. The van der Waals surface area contributed by atoms with Gasteiger partial charge >= 0.3 is 0 Å². The molecule has 2 nitrogen and oxygen atoms in total. The summed E-state index contributed by atoms with van der Waals surface area (Å²) >= 11 is 1.49. The fourth-order valence-electron chi connectivity index (χ4n) is 1.28. The van der Waals surface area contributed by atoms with Gasteiger partial charge in [-0.2, -0.15) is 11.3 Å². The Morgan fingerprint density at radius 3 is 2.80 bits per heavy atom. The summed E-state index contributed by atoms with van der Waals surface area (Å²) in [4.78, 5) is 15.2. The average Bonchev–Trinajstić information content (AvgIpc) is 2.81. The van der Waals surface area contributed by atoms with Crippen LogP contribution in [-0.2, 0) is 0 Å². The minimum atomic E-state index is -0.0262. The number of thiophene rings is 1. The smallest absolute Gasteiger partial charge is 0.192 e. The van der Waals surface area contributed by atoms with Gasteiger partial charge in [0.1, 0.15) is 0 Å². The van der Waals surface area contributed by atoms with Crippen molar-refractivity contribution in [3.8, 4) is 0 Å². The topological polar surface area (TPSA) is 21.4 Å². The van der Waals surface area contributed by atoms with E-state index in [1.54, 1.807) is 30.3 Å². The standard InChI is InChI=1S/C12H7NOS/c1-13-11-4-2-3-9(7-11)12(14)10-5-6-15-8-10/h2-8H. The Morgan fingerprint density at radius 2 is 2.13 bits per heavy atom. The third-order valence-corrected chi connectivity index (χ3v) is 2.70. The lowest BCUT2D eigenvalue weighted by Gasteiger charge is -1.98. The number of ketones is 1. The van der Waals surface area contributed by atoms with E-state index in [0.717, 1.165) is 0 Å². The first-order chi connectivity index (χ1) is 7.31. The fourth-order valence-corrected chi connectivity index (χ4v) is 1.91. The Bertz CT molecular complexity index is 523. The second-order valence-electron chi connectivity index (χ2n) is 3.00. The van der Waals surface area contributed by atoms with Gasteiger partial charge in [-0.1, -0.05) is 18.2 Å². The van der Waals surface area contributed by atoms with E-state index >= 15 is 0 Å². The molecule has 1 heterocycles. The molecule has 0 atom stereocenters. The Hall–Kier alpha value is -1.92. The van der Waals surface area contributed by atoms with Crippen LogP contribution in [0.3, 0.4) is 0 Å². The molecule has 15 heavy (non-hydrogen) atoms.